The van der Waals surface area contributed by atoms with Crippen molar-refractivity contribution in [3.8, 4) is 0 Å². The standard InChI is InChI=1S/C20H24N4O3/c1-20(21)7-14(6-16-10-24(22)12-27-18(16)8-20)19(25)13-3-2-4-17-15(5-13)9-23-11-26-17/h2,4-8,23H,3,9-12,21-22H2,1H3. The van der Waals surface area contributed by atoms with Gasteiger partial charge >= 0.3 is 0 Å². The molecule has 0 radical (unpaired) electrons. The van der Waals surface area contributed by atoms with E-state index >= 15 is 0 Å². The Bertz CT molecular complexity index is 858. The molecule has 27 heavy (non-hydrogen) atoms. The van der Waals surface area contributed by atoms with Crippen LogP contribution in [0.25, 0.3) is 0 Å². The van der Waals surface area contributed by atoms with Crippen LogP contribution in [0.4, 0.5) is 0 Å². The van der Waals surface area contributed by atoms with E-state index in [4.69, 9.17) is 21.1 Å². The minimum Gasteiger partial charge on any atom is -0.478 e. The topological polar surface area (TPSA) is 103 Å². The molecule has 1 saturated heterocycles. The van der Waals surface area contributed by atoms with E-state index in [0.29, 0.717) is 49.9 Å². The summed E-state index contributed by atoms with van der Waals surface area (Å²) in [6.45, 7) is 3.80. The van der Waals surface area contributed by atoms with Gasteiger partial charge in [-0.05, 0) is 43.7 Å². The molecule has 0 amide bonds. The van der Waals surface area contributed by atoms with Crippen LogP contribution in [0.5, 0.6) is 0 Å². The van der Waals surface area contributed by atoms with Crippen LogP contribution in [0, 0.1) is 0 Å². The van der Waals surface area contributed by atoms with Gasteiger partial charge in [0.15, 0.2) is 12.5 Å². The van der Waals surface area contributed by atoms with E-state index in [1.807, 2.05) is 37.3 Å². The number of ketones is 1. The third kappa shape index (κ3) is 3.81. The number of carbonyl (C=O) groups is 1. The lowest BCUT2D eigenvalue weighted by molar-refractivity contribution is -0.112. The molecule has 4 aliphatic rings. The summed E-state index contributed by atoms with van der Waals surface area (Å²) in [6, 6.07) is 0. The molecule has 4 rings (SSSR count). The Morgan fingerprint density at radius 3 is 3.00 bits per heavy atom. The largest absolute Gasteiger partial charge is 0.478 e. The highest BCUT2D eigenvalue weighted by Crippen LogP contribution is 2.29. The average molecular weight is 368 g/mol. The highest BCUT2D eigenvalue weighted by atomic mass is 16.5. The Morgan fingerprint density at radius 2 is 2.15 bits per heavy atom. The monoisotopic (exact) mass is 368 g/mol. The second-order valence-corrected chi connectivity index (χ2v) is 7.37. The van der Waals surface area contributed by atoms with E-state index in [1.54, 1.807) is 11.1 Å². The maximum absolute atomic E-state index is 13.3. The number of hydrogen-bond acceptors (Lipinski definition) is 7. The molecule has 0 aromatic heterocycles. The molecule has 7 heteroatoms. The van der Waals surface area contributed by atoms with Gasteiger partial charge in [0.05, 0.1) is 5.54 Å². The number of nitrogens with two attached hydrogens (primary N) is 2. The molecule has 2 aliphatic carbocycles. The zero-order valence-electron chi connectivity index (χ0n) is 15.3. The smallest absolute Gasteiger partial charge is 0.189 e. The first kappa shape index (κ1) is 17.9. The van der Waals surface area contributed by atoms with Gasteiger partial charge in [0.25, 0.3) is 0 Å². The van der Waals surface area contributed by atoms with E-state index in [0.717, 1.165) is 16.9 Å². The minimum absolute atomic E-state index is 0.0491. The van der Waals surface area contributed by atoms with E-state index < -0.39 is 5.54 Å². The first-order valence-electron chi connectivity index (χ1n) is 8.98. The van der Waals surface area contributed by atoms with E-state index in [1.165, 1.54) is 0 Å². The fraction of sp³-hybridized carbons (Fsp3) is 0.350. The van der Waals surface area contributed by atoms with Crippen molar-refractivity contribution in [2.45, 2.75) is 18.9 Å². The van der Waals surface area contributed by atoms with Crippen molar-refractivity contribution in [1.82, 2.24) is 10.3 Å². The van der Waals surface area contributed by atoms with E-state index in [9.17, 15) is 4.79 Å². The molecule has 2 heterocycles. The molecule has 7 nitrogen and oxygen atoms in total. The summed E-state index contributed by atoms with van der Waals surface area (Å²) in [6.07, 6.45) is 11.8. The van der Waals surface area contributed by atoms with Crippen molar-refractivity contribution in [2.75, 3.05) is 26.6 Å². The van der Waals surface area contributed by atoms with Crippen molar-refractivity contribution < 1.29 is 14.3 Å². The summed E-state index contributed by atoms with van der Waals surface area (Å²) in [5, 5.41) is 4.71. The second kappa shape index (κ2) is 6.94. The molecular formula is C20H24N4O3. The molecule has 142 valence electrons. The molecule has 0 aromatic carbocycles. The van der Waals surface area contributed by atoms with Gasteiger partial charge in [-0.2, -0.15) is 0 Å². The normalized spacial score (nSPS) is 28.3. The molecule has 0 bridgehead atoms. The number of carbonyl (C=O) groups excluding carboxylic acids is 1. The number of allylic oxidation sites excluding steroid dienone is 5. The lowest BCUT2D eigenvalue weighted by Crippen LogP contribution is -2.40. The summed E-state index contributed by atoms with van der Waals surface area (Å²) in [5.74, 6) is 7.33. The molecule has 1 unspecified atom stereocenters. The van der Waals surface area contributed by atoms with Gasteiger partial charge in [0, 0.05) is 35.4 Å². The number of ether oxygens (including phenoxy) is 2. The van der Waals surface area contributed by atoms with Crippen LogP contribution in [0.3, 0.4) is 0 Å². The van der Waals surface area contributed by atoms with Gasteiger partial charge < -0.3 is 15.2 Å². The second-order valence-electron chi connectivity index (χ2n) is 7.37. The first-order valence-corrected chi connectivity index (χ1v) is 8.98. The number of hydrogen-bond donors (Lipinski definition) is 3. The number of nitrogens with zero attached hydrogens (tertiary/aromatic N) is 1. The highest BCUT2D eigenvalue weighted by Gasteiger charge is 2.28. The van der Waals surface area contributed by atoms with Gasteiger partial charge in [-0.1, -0.05) is 6.08 Å². The van der Waals surface area contributed by atoms with Gasteiger partial charge in [0.1, 0.15) is 18.2 Å². The zero-order valence-corrected chi connectivity index (χ0v) is 15.3. The van der Waals surface area contributed by atoms with Crippen molar-refractivity contribution in [3.63, 3.8) is 0 Å². The van der Waals surface area contributed by atoms with Gasteiger partial charge in [0.2, 0.25) is 0 Å². The Balaban J connectivity index is 1.69. The SMILES string of the molecule is CC1(N)C=C(C(=O)C2=CC3=C(C=CC2)OCNC3)C=C2CN(N)COC2=C1. The first-order chi connectivity index (χ1) is 12.9. The van der Waals surface area contributed by atoms with Crippen molar-refractivity contribution in [2.24, 2.45) is 11.6 Å². The number of nitrogens with one attached hydrogen (secondary N) is 1. The third-order valence-corrected chi connectivity index (χ3v) is 4.79. The Kier molecular flexibility index (Phi) is 4.61. The minimum atomic E-state index is -0.795. The quantitative estimate of drug-likeness (QED) is 0.623. The van der Waals surface area contributed by atoms with Gasteiger partial charge in [-0.3, -0.25) is 16.0 Å². The van der Waals surface area contributed by atoms with E-state index in [2.05, 4.69) is 5.32 Å². The fourth-order valence-corrected chi connectivity index (χ4v) is 3.54. The molecule has 0 aromatic rings. The number of fused-ring (bicyclic) bond motifs is 1. The summed E-state index contributed by atoms with van der Waals surface area (Å²) in [7, 11) is 0. The van der Waals surface area contributed by atoms with Gasteiger partial charge in [-0.25, -0.2) is 5.01 Å². The molecule has 2 aliphatic heterocycles. The van der Waals surface area contributed by atoms with Crippen LogP contribution in [0.15, 0.2) is 70.3 Å². The zero-order chi connectivity index (χ0) is 19.0. The highest BCUT2D eigenvalue weighted by molar-refractivity contribution is 6.11. The fourth-order valence-electron chi connectivity index (χ4n) is 3.54. The molecule has 1 atom stereocenters. The predicted molar refractivity (Wildman–Crippen MR) is 102 cm³/mol. The number of rotatable bonds is 2. The van der Waals surface area contributed by atoms with E-state index in [-0.39, 0.29) is 5.78 Å². The molecule has 0 saturated carbocycles. The van der Waals surface area contributed by atoms with Crippen molar-refractivity contribution in [1.29, 1.82) is 0 Å². The lowest BCUT2D eigenvalue weighted by atomic mass is 9.94. The maximum atomic E-state index is 13.3. The molecular weight excluding hydrogens is 344 g/mol. The summed E-state index contributed by atoms with van der Waals surface area (Å²) < 4.78 is 11.3. The van der Waals surface area contributed by atoms with Gasteiger partial charge in [-0.15, -0.1) is 0 Å². The van der Waals surface area contributed by atoms with Crippen molar-refractivity contribution in [3.05, 3.63) is 70.3 Å². The molecule has 5 N–H and O–H groups in total. The third-order valence-electron chi connectivity index (χ3n) is 4.79. The van der Waals surface area contributed by atoms with Crippen LogP contribution < -0.4 is 16.9 Å². The van der Waals surface area contributed by atoms with Crippen molar-refractivity contribution >= 4 is 5.78 Å². The lowest BCUT2D eigenvalue weighted by Gasteiger charge is -2.28. The van der Waals surface area contributed by atoms with Crippen LogP contribution in [-0.4, -0.2) is 42.9 Å². The Hall–Kier alpha value is -2.45. The number of Topliss-reactive ketones (excluding diaryl/α,β-unsaturated/α-hetero) is 1. The Morgan fingerprint density at radius 1 is 1.30 bits per heavy atom. The average Bonchev–Trinajstić information content (AvgIpc) is 2.91. The van der Waals surface area contributed by atoms with Crippen LogP contribution in [-0.2, 0) is 14.3 Å². The van der Waals surface area contributed by atoms with Crippen LogP contribution in [0.1, 0.15) is 13.3 Å². The maximum Gasteiger partial charge on any atom is 0.189 e. The summed E-state index contributed by atoms with van der Waals surface area (Å²) in [4.78, 5) is 13.3. The predicted octanol–water partition coefficient (Wildman–Crippen LogP) is 0.904. The van der Waals surface area contributed by atoms with Crippen LogP contribution >= 0.6 is 0 Å². The summed E-state index contributed by atoms with van der Waals surface area (Å²) >= 11 is 0. The molecule has 1 fully saturated rings. The molecule has 0 spiro atoms. The van der Waals surface area contributed by atoms with Crippen LogP contribution in [0.2, 0.25) is 0 Å². The summed E-state index contributed by atoms with van der Waals surface area (Å²) in [5.41, 5.74) is 8.66. The number of hydrazine groups is 1. The Labute approximate surface area is 158 Å².